The second-order valence-corrected chi connectivity index (χ2v) is 5.08. The molecule has 0 spiro atoms. The fourth-order valence-electron chi connectivity index (χ4n) is 2.12. The van der Waals surface area contributed by atoms with Crippen molar-refractivity contribution in [2.75, 3.05) is 26.7 Å². The van der Waals surface area contributed by atoms with E-state index in [1.807, 2.05) is 19.9 Å². The van der Waals surface area contributed by atoms with Crippen LogP contribution in [0.15, 0.2) is 24.8 Å². The zero-order chi connectivity index (χ0) is 16.3. The molecule has 0 aliphatic rings. The molecule has 2 nitrogen and oxygen atoms in total. The summed E-state index contributed by atoms with van der Waals surface area (Å²) >= 11 is 0. The van der Waals surface area contributed by atoms with E-state index in [2.05, 4.69) is 37.5 Å². The third-order valence-corrected chi connectivity index (χ3v) is 3.33. The lowest BCUT2D eigenvalue weighted by Gasteiger charge is -2.19. The van der Waals surface area contributed by atoms with Crippen LogP contribution in [0.1, 0.15) is 66.2 Å². The van der Waals surface area contributed by atoms with Crippen molar-refractivity contribution in [3.05, 3.63) is 24.8 Å². The molecule has 0 rings (SSSR count). The highest BCUT2D eigenvalue weighted by Crippen LogP contribution is 2.03. The Kier molecular flexibility index (Phi) is 20.9. The molecule has 0 aromatic carbocycles. The maximum absolute atomic E-state index is 5.26. The van der Waals surface area contributed by atoms with Crippen molar-refractivity contribution in [1.82, 2.24) is 4.90 Å². The molecule has 0 saturated carbocycles. The van der Waals surface area contributed by atoms with Gasteiger partial charge in [-0.2, -0.15) is 0 Å². The summed E-state index contributed by atoms with van der Waals surface area (Å²) in [7, 11) is 1.73. The molecule has 0 saturated heterocycles. The fraction of sp³-hybridized carbons (Fsp3) is 0.789. The van der Waals surface area contributed by atoms with Crippen molar-refractivity contribution in [1.29, 1.82) is 0 Å². The molecule has 0 N–H and O–H groups in total. The monoisotopic (exact) mass is 297 g/mol. The summed E-state index contributed by atoms with van der Waals surface area (Å²) in [5.41, 5.74) is 0. The van der Waals surface area contributed by atoms with Crippen LogP contribution in [0.4, 0.5) is 0 Å². The van der Waals surface area contributed by atoms with Crippen molar-refractivity contribution in [3.8, 4) is 0 Å². The Morgan fingerprint density at radius 1 is 1.00 bits per heavy atom. The van der Waals surface area contributed by atoms with E-state index in [0.29, 0.717) is 0 Å². The van der Waals surface area contributed by atoms with Crippen LogP contribution in [0.3, 0.4) is 0 Å². The van der Waals surface area contributed by atoms with Crippen molar-refractivity contribution in [2.24, 2.45) is 0 Å². The average molecular weight is 298 g/mol. The molecule has 0 fully saturated rings. The molecule has 0 bridgehead atoms. The first kappa shape index (κ1) is 22.7. The Bertz CT molecular complexity index is 226. The van der Waals surface area contributed by atoms with E-state index >= 15 is 0 Å². The van der Waals surface area contributed by atoms with Gasteiger partial charge in [-0.25, -0.2) is 0 Å². The van der Waals surface area contributed by atoms with E-state index in [1.165, 1.54) is 45.2 Å². The lowest BCUT2D eigenvalue weighted by atomic mass is 10.2. The summed E-state index contributed by atoms with van der Waals surface area (Å²) in [6, 6.07) is 0. The Hall–Kier alpha value is -0.600. The highest BCUT2D eigenvalue weighted by Gasteiger charge is 2.01. The van der Waals surface area contributed by atoms with Gasteiger partial charge in [0.05, 0.1) is 6.10 Å². The molecular formula is C19H39NO. The number of hydrogen-bond donors (Lipinski definition) is 0. The second kappa shape index (κ2) is 19.4. The molecule has 21 heavy (non-hydrogen) atoms. The Balaban J connectivity index is 0. The normalized spacial score (nSPS) is 12.3. The topological polar surface area (TPSA) is 12.5 Å². The van der Waals surface area contributed by atoms with E-state index in [-0.39, 0.29) is 6.10 Å². The average Bonchev–Trinajstić information content (AvgIpc) is 2.53. The largest absolute Gasteiger partial charge is 0.377 e. The molecule has 0 aromatic rings. The van der Waals surface area contributed by atoms with Gasteiger partial charge in [0.15, 0.2) is 0 Å². The highest BCUT2D eigenvalue weighted by molar-refractivity contribution is 4.92. The van der Waals surface area contributed by atoms with Crippen molar-refractivity contribution in [3.63, 3.8) is 0 Å². The maximum Gasteiger partial charge on any atom is 0.0783 e. The molecule has 2 heteroatoms. The Morgan fingerprint density at radius 3 is 2.24 bits per heavy atom. The van der Waals surface area contributed by atoms with E-state index in [4.69, 9.17) is 4.74 Å². The van der Waals surface area contributed by atoms with E-state index in [1.54, 1.807) is 7.11 Å². The summed E-state index contributed by atoms with van der Waals surface area (Å²) in [5.74, 6) is 0. The molecule has 0 aliphatic carbocycles. The second-order valence-electron chi connectivity index (χ2n) is 5.08. The van der Waals surface area contributed by atoms with Gasteiger partial charge in [-0.3, -0.25) is 4.90 Å². The summed E-state index contributed by atoms with van der Waals surface area (Å²) in [4.78, 5) is 2.54. The van der Waals surface area contributed by atoms with Crippen LogP contribution in [-0.4, -0.2) is 37.7 Å². The molecule has 0 aromatic heterocycles. The molecule has 0 radical (unpaired) electrons. The fourth-order valence-corrected chi connectivity index (χ4v) is 2.12. The quantitative estimate of drug-likeness (QED) is 0.331. The van der Waals surface area contributed by atoms with Gasteiger partial charge in [-0.05, 0) is 32.4 Å². The van der Waals surface area contributed by atoms with Gasteiger partial charge in [0, 0.05) is 13.7 Å². The van der Waals surface area contributed by atoms with Crippen LogP contribution < -0.4 is 0 Å². The minimum atomic E-state index is 0.153. The van der Waals surface area contributed by atoms with Gasteiger partial charge in [-0.15, -0.1) is 6.58 Å². The number of methoxy groups -OCH3 is 1. The van der Waals surface area contributed by atoms with Crippen molar-refractivity contribution in [2.45, 2.75) is 72.3 Å². The first-order chi connectivity index (χ1) is 10.3. The lowest BCUT2D eigenvalue weighted by Crippen LogP contribution is -2.26. The first-order valence-electron chi connectivity index (χ1n) is 8.81. The molecule has 0 heterocycles. The number of nitrogens with zero attached hydrogens (tertiary/aromatic N) is 1. The number of hydrogen-bond acceptors (Lipinski definition) is 2. The molecular weight excluding hydrogens is 258 g/mol. The smallest absolute Gasteiger partial charge is 0.0783 e. The summed E-state index contributed by atoms with van der Waals surface area (Å²) in [6.45, 7) is 15.8. The molecule has 1 unspecified atom stereocenters. The number of rotatable bonds is 13. The minimum absolute atomic E-state index is 0.153. The van der Waals surface area contributed by atoms with Crippen LogP contribution in [-0.2, 0) is 4.74 Å². The third-order valence-electron chi connectivity index (χ3n) is 3.33. The molecule has 0 aliphatic heterocycles. The van der Waals surface area contributed by atoms with Crippen LogP contribution in [0, 0.1) is 0 Å². The molecule has 126 valence electrons. The standard InChI is InChI=1S/C17H33NO.C2H6/c1-5-8-9-11-15-18(14-6-2)16-12-10-13-17(7-3)19-4;1-2/h7,10,12,17H,3,5-6,8-9,11,13-16H2,1-2,4H3;1-2H3/b12-10+;. The van der Waals surface area contributed by atoms with Gasteiger partial charge in [0.2, 0.25) is 0 Å². The maximum atomic E-state index is 5.26. The molecule has 0 amide bonds. The Labute approximate surface area is 134 Å². The van der Waals surface area contributed by atoms with Gasteiger partial charge < -0.3 is 4.74 Å². The van der Waals surface area contributed by atoms with Crippen LogP contribution >= 0.6 is 0 Å². The number of unbranched alkanes of at least 4 members (excludes halogenated alkanes) is 3. The highest BCUT2D eigenvalue weighted by atomic mass is 16.5. The zero-order valence-electron chi connectivity index (χ0n) is 15.2. The van der Waals surface area contributed by atoms with Gasteiger partial charge >= 0.3 is 0 Å². The molecule has 1 atom stereocenters. The van der Waals surface area contributed by atoms with E-state index < -0.39 is 0 Å². The SMILES string of the molecule is C=CC(C/C=C/CN(CCC)CCCCCC)OC.CC. The lowest BCUT2D eigenvalue weighted by molar-refractivity contribution is 0.144. The number of ether oxygens (including phenoxy) is 1. The first-order valence-corrected chi connectivity index (χ1v) is 8.81. The van der Waals surface area contributed by atoms with E-state index in [9.17, 15) is 0 Å². The summed E-state index contributed by atoms with van der Waals surface area (Å²) in [6.07, 6.45) is 14.0. The minimum Gasteiger partial charge on any atom is -0.377 e. The van der Waals surface area contributed by atoms with Crippen LogP contribution in [0.25, 0.3) is 0 Å². The predicted octanol–water partition coefficient (Wildman–Crippen LogP) is 5.45. The van der Waals surface area contributed by atoms with Crippen molar-refractivity contribution >= 4 is 0 Å². The Morgan fingerprint density at radius 2 is 1.71 bits per heavy atom. The summed E-state index contributed by atoms with van der Waals surface area (Å²) in [5, 5.41) is 0. The van der Waals surface area contributed by atoms with Gasteiger partial charge in [-0.1, -0.05) is 65.2 Å². The zero-order valence-corrected chi connectivity index (χ0v) is 15.2. The van der Waals surface area contributed by atoms with E-state index in [0.717, 1.165) is 13.0 Å². The predicted molar refractivity (Wildman–Crippen MR) is 97.0 cm³/mol. The third kappa shape index (κ3) is 15.6. The van der Waals surface area contributed by atoms with Crippen LogP contribution in [0.5, 0.6) is 0 Å². The van der Waals surface area contributed by atoms with Crippen LogP contribution in [0.2, 0.25) is 0 Å². The van der Waals surface area contributed by atoms with Gasteiger partial charge in [0.1, 0.15) is 0 Å². The summed E-state index contributed by atoms with van der Waals surface area (Å²) < 4.78 is 5.26. The van der Waals surface area contributed by atoms with Gasteiger partial charge in [0.25, 0.3) is 0 Å². The van der Waals surface area contributed by atoms with Crippen molar-refractivity contribution < 1.29 is 4.74 Å².